The lowest BCUT2D eigenvalue weighted by Gasteiger charge is -2.23. The molecule has 0 aromatic heterocycles. The number of aliphatic hydroxyl groups excluding tert-OH is 1. The number of carbonyl (C=O) groups excluding carboxylic acids is 1. The van der Waals surface area contributed by atoms with Crippen molar-refractivity contribution in [2.24, 2.45) is 11.1 Å². The molecular weight excluding hydrogens is 242 g/mol. The fourth-order valence-electron chi connectivity index (χ4n) is 1.88. The standard InChI is InChI=1S/C14H23N3O2/c1-14(2,3)7-10(18)8-17-12-5-4-9(13(16)19)6-11(12)15/h4-6,10,17-18H,7-8,15H2,1-3H3,(H2,16,19). The maximum atomic E-state index is 11.0. The molecule has 0 aliphatic heterocycles. The molecule has 0 saturated heterocycles. The summed E-state index contributed by atoms with van der Waals surface area (Å²) in [6.45, 7) is 6.64. The zero-order valence-electron chi connectivity index (χ0n) is 11.7. The minimum Gasteiger partial charge on any atom is -0.397 e. The highest BCUT2D eigenvalue weighted by Gasteiger charge is 2.16. The smallest absolute Gasteiger partial charge is 0.248 e. The summed E-state index contributed by atoms with van der Waals surface area (Å²) in [5.41, 5.74) is 12.6. The van der Waals surface area contributed by atoms with Gasteiger partial charge in [0.15, 0.2) is 0 Å². The Balaban J connectivity index is 2.61. The summed E-state index contributed by atoms with van der Waals surface area (Å²) >= 11 is 0. The van der Waals surface area contributed by atoms with Crippen molar-refractivity contribution >= 4 is 17.3 Å². The van der Waals surface area contributed by atoms with E-state index in [1.54, 1.807) is 12.1 Å². The number of amides is 1. The van der Waals surface area contributed by atoms with Gasteiger partial charge in [-0.15, -0.1) is 0 Å². The van der Waals surface area contributed by atoms with Crippen LogP contribution in [-0.2, 0) is 0 Å². The molecule has 1 amide bonds. The van der Waals surface area contributed by atoms with Crippen LogP contribution in [0.3, 0.4) is 0 Å². The first-order valence-corrected chi connectivity index (χ1v) is 6.30. The first kappa shape index (κ1) is 15.3. The second-order valence-corrected chi connectivity index (χ2v) is 5.97. The summed E-state index contributed by atoms with van der Waals surface area (Å²) in [6.07, 6.45) is 0.245. The molecule has 5 nitrogen and oxygen atoms in total. The predicted octanol–water partition coefficient (Wildman–Crippen LogP) is 1.58. The molecule has 1 unspecified atom stereocenters. The van der Waals surface area contributed by atoms with Crippen LogP contribution in [0, 0.1) is 5.41 Å². The highest BCUT2D eigenvalue weighted by molar-refractivity contribution is 5.94. The van der Waals surface area contributed by atoms with E-state index < -0.39 is 12.0 Å². The van der Waals surface area contributed by atoms with E-state index >= 15 is 0 Å². The third-order valence-electron chi connectivity index (χ3n) is 2.71. The van der Waals surface area contributed by atoms with Gasteiger partial charge in [-0.05, 0) is 30.0 Å². The Hall–Kier alpha value is -1.75. The Morgan fingerprint density at radius 1 is 1.42 bits per heavy atom. The van der Waals surface area contributed by atoms with E-state index in [-0.39, 0.29) is 5.41 Å². The van der Waals surface area contributed by atoms with Crippen LogP contribution in [0.25, 0.3) is 0 Å². The van der Waals surface area contributed by atoms with Crippen LogP contribution in [0.15, 0.2) is 18.2 Å². The molecule has 1 rings (SSSR count). The van der Waals surface area contributed by atoms with Crippen molar-refractivity contribution in [2.45, 2.75) is 33.3 Å². The summed E-state index contributed by atoms with van der Waals surface area (Å²) in [6, 6.07) is 4.83. The average molecular weight is 265 g/mol. The van der Waals surface area contributed by atoms with Crippen LogP contribution < -0.4 is 16.8 Å². The second kappa shape index (κ2) is 5.93. The van der Waals surface area contributed by atoms with Gasteiger partial charge >= 0.3 is 0 Å². The maximum Gasteiger partial charge on any atom is 0.248 e. The minimum absolute atomic E-state index is 0.0719. The number of anilines is 2. The van der Waals surface area contributed by atoms with E-state index in [0.717, 1.165) is 0 Å². The third kappa shape index (κ3) is 5.18. The van der Waals surface area contributed by atoms with E-state index in [0.29, 0.717) is 29.9 Å². The number of nitrogens with two attached hydrogens (primary N) is 2. The Kier molecular flexibility index (Phi) is 4.78. The second-order valence-electron chi connectivity index (χ2n) is 5.97. The van der Waals surface area contributed by atoms with E-state index in [1.165, 1.54) is 6.07 Å². The molecule has 1 aromatic carbocycles. The Morgan fingerprint density at radius 3 is 2.53 bits per heavy atom. The van der Waals surface area contributed by atoms with Gasteiger partial charge in [0.05, 0.1) is 17.5 Å². The number of benzene rings is 1. The van der Waals surface area contributed by atoms with Gasteiger partial charge in [0.2, 0.25) is 5.91 Å². The first-order chi connectivity index (χ1) is 8.69. The lowest BCUT2D eigenvalue weighted by atomic mass is 9.89. The van der Waals surface area contributed by atoms with Crippen LogP contribution in [0.5, 0.6) is 0 Å². The molecule has 1 atom stereocenters. The van der Waals surface area contributed by atoms with Gasteiger partial charge in [-0.2, -0.15) is 0 Å². The Morgan fingerprint density at radius 2 is 2.05 bits per heavy atom. The van der Waals surface area contributed by atoms with E-state index in [4.69, 9.17) is 11.5 Å². The topological polar surface area (TPSA) is 101 Å². The number of aliphatic hydroxyl groups is 1. The fraction of sp³-hybridized carbons (Fsp3) is 0.500. The van der Waals surface area contributed by atoms with Gasteiger partial charge in [0.25, 0.3) is 0 Å². The molecule has 0 bridgehead atoms. The highest BCUT2D eigenvalue weighted by atomic mass is 16.3. The quantitative estimate of drug-likeness (QED) is 0.607. The maximum absolute atomic E-state index is 11.0. The average Bonchev–Trinajstić information content (AvgIpc) is 2.24. The molecule has 0 aliphatic carbocycles. The number of carbonyl (C=O) groups is 1. The SMILES string of the molecule is CC(C)(C)CC(O)CNc1ccc(C(N)=O)cc1N. The lowest BCUT2D eigenvalue weighted by Crippen LogP contribution is -2.25. The molecule has 0 saturated carbocycles. The van der Waals surface area contributed by atoms with Crippen molar-refractivity contribution in [3.05, 3.63) is 23.8 Å². The predicted molar refractivity (Wildman–Crippen MR) is 77.9 cm³/mol. The minimum atomic E-state index is -0.508. The van der Waals surface area contributed by atoms with Gasteiger partial charge in [-0.25, -0.2) is 0 Å². The monoisotopic (exact) mass is 265 g/mol. The number of hydrogen-bond acceptors (Lipinski definition) is 4. The number of primary amides is 1. The van der Waals surface area contributed by atoms with Crippen LogP contribution in [0.2, 0.25) is 0 Å². The summed E-state index contributed by atoms with van der Waals surface area (Å²) in [5, 5.41) is 13.0. The van der Waals surface area contributed by atoms with Crippen molar-refractivity contribution in [1.82, 2.24) is 0 Å². The molecule has 1 aromatic rings. The van der Waals surface area contributed by atoms with E-state index in [2.05, 4.69) is 26.1 Å². The van der Waals surface area contributed by atoms with Crippen LogP contribution in [-0.4, -0.2) is 23.7 Å². The number of rotatable bonds is 5. The lowest BCUT2D eigenvalue weighted by molar-refractivity contribution is 0.1000. The van der Waals surface area contributed by atoms with Gasteiger partial charge in [-0.1, -0.05) is 20.8 Å². The third-order valence-corrected chi connectivity index (χ3v) is 2.71. The summed E-state index contributed by atoms with van der Waals surface area (Å²) in [7, 11) is 0. The highest BCUT2D eigenvalue weighted by Crippen LogP contribution is 2.23. The molecule has 19 heavy (non-hydrogen) atoms. The molecule has 0 fully saturated rings. The fourth-order valence-corrected chi connectivity index (χ4v) is 1.88. The van der Waals surface area contributed by atoms with Crippen molar-refractivity contribution in [1.29, 1.82) is 0 Å². The van der Waals surface area contributed by atoms with Gasteiger partial charge in [0.1, 0.15) is 0 Å². The number of hydrogen-bond donors (Lipinski definition) is 4. The molecular formula is C14H23N3O2. The molecule has 106 valence electrons. The Labute approximate surface area is 114 Å². The van der Waals surface area contributed by atoms with Crippen molar-refractivity contribution in [3.8, 4) is 0 Å². The molecule has 0 spiro atoms. The summed E-state index contributed by atoms with van der Waals surface area (Å²) < 4.78 is 0. The number of nitrogens with one attached hydrogen (secondary N) is 1. The van der Waals surface area contributed by atoms with E-state index in [1.807, 2.05) is 0 Å². The summed E-state index contributed by atoms with van der Waals surface area (Å²) in [5.74, 6) is -0.508. The normalized spacial score (nSPS) is 13.1. The van der Waals surface area contributed by atoms with Gasteiger partial charge in [-0.3, -0.25) is 4.79 Å². The van der Waals surface area contributed by atoms with Crippen molar-refractivity contribution in [3.63, 3.8) is 0 Å². The summed E-state index contributed by atoms with van der Waals surface area (Å²) in [4.78, 5) is 11.0. The van der Waals surface area contributed by atoms with E-state index in [9.17, 15) is 9.90 Å². The molecule has 0 heterocycles. The van der Waals surface area contributed by atoms with Crippen molar-refractivity contribution < 1.29 is 9.90 Å². The molecule has 0 radical (unpaired) electrons. The van der Waals surface area contributed by atoms with Crippen molar-refractivity contribution in [2.75, 3.05) is 17.6 Å². The van der Waals surface area contributed by atoms with Gasteiger partial charge in [0, 0.05) is 12.1 Å². The van der Waals surface area contributed by atoms with Gasteiger partial charge < -0.3 is 21.9 Å². The van der Waals surface area contributed by atoms with Crippen LogP contribution >= 0.6 is 0 Å². The number of nitrogen functional groups attached to an aromatic ring is 1. The molecule has 5 heteroatoms. The Bertz CT molecular complexity index is 452. The largest absolute Gasteiger partial charge is 0.397 e. The first-order valence-electron chi connectivity index (χ1n) is 6.30. The zero-order valence-corrected chi connectivity index (χ0v) is 11.7. The van der Waals surface area contributed by atoms with Crippen LogP contribution in [0.1, 0.15) is 37.6 Å². The molecule has 6 N–H and O–H groups in total. The zero-order chi connectivity index (χ0) is 14.6. The van der Waals surface area contributed by atoms with Crippen LogP contribution in [0.4, 0.5) is 11.4 Å². The molecule has 0 aliphatic rings.